The van der Waals surface area contributed by atoms with Crippen molar-refractivity contribution >= 4 is 22.3 Å². The van der Waals surface area contributed by atoms with Gasteiger partial charge in [0.05, 0.1) is 29.4 Å². The Hall–Kier alpha value is -3.46. The Balaban J connectivity index is 1.40. The van der Waals surface area contributed by atoms with Crippen molar-refractivity contribution in [3.05, 3.63) is 63.3 Å². The summed E-state index contributed by atoms with van der Waals surface area (Å²) in [4.78, 5) is 27.1. The molecule has 2 atom stereocenters. The zero-order valence-corrected chi connectivity index (χ0v) is 26.0. The van der Waals surface area contributed by atoms with Crippen molar-refractivity contribution < 1.29 is 39.9 Å². The highest BCUT2D eigenvalue weighted by Crippen LogP contribution is 2.49. The van der Waals surface area contributed by atoms with Gasteiger partial charge in [-0.2, -0.15) is 0 Å². The molecule has 4 rings (SSSR count). The molecule has 8 nitrogen and oxygen atoms in total. The Morgan fingerprint density at radius 1 is 0.977 bits per heavy atom. The molecule has 0 radical (unpaired) electrons. The predicted molar refractivity (Wildman–Crippen MR) is 166 cm³/mol. The summed E-state index contributed by atoms with van der Waals surface area (Å²) in [6, 6.07) is 1.31. The van der Waals surface area contributed by atoms with Crippen molar-refractivity contribution in [1.82, 2.24) is 0 Å². The number of allylic oxidation sites excluding steroid dienone is 4. The third-order valence-corrected chi connectivity index (χ3v) is 8.88. The van der Waals surface area contributed by atoms with Crippen LogP contribution in [0.15, 0.2) is 41.0 Å². The highest BCUT2D eigenvalue weighted by molar-refractivity contribution is 6.36. The topological polar surface area (TPSA) is 145 Å². The third kappa shape index (κ3) is 6.28. The van der Waals surface area contributed by atoms with Gasteiger partial charge in [-0.15, -0.1) is 0 Å². The first-order valence-electron chi connectivity index (χ1n) is 14.9. The Bertz CT molecular complexity index is 1540. The van der Waals surface area contributed by atoms with Gasteiger partial charge >= 0.3 is 0 Å². The van der Waals surface area contributed by atoms with Gasteiger partial charge in [-0.3, -0.25) is 9.59 Å². The second-order valence-corrected chi connectivity index (χ2v) is 12.8. The summed E-state index contributed by atoms with van der Waals surface area (Å²) in [6.45, 7) is 11.1. The summed E-state index contributed by atoms with van der Waals surface area (Å²) in [5.74, 6) is -3.12. The van der Waals surface area contributed by atoms with Gasteiger partial charge < -0.3 is 30.3 Å². The van der Waals surface area contributed by atoms with E-state index in [1.807, 2.05) is 6.92 Å². The number of benzene rings is 2. The predicted octanol–water partition coefficient (Wildman–Crippen LogP) is 6.40. The summed E-state index contributed by atoms with van der Waals surface area (Å²) in [5.41, 5.74) is 0.0204. The van der Waals surface area contributed by atoms with E-state index in [9.17, 15) is 35.1 Å². The number of ether oxygens (including phenoxy) is 1. The Morgan fingerprint density at radius 2 is 1.60 bits per heavy atom. The van der Waals surface area contributed by atoms with Crippen LogP contribution in [0.2, 0.25) is 0 Å². The second kappa shape index (κ2) is 12.3. The Kier molecular flexibility index (Phi) is 9.26. The highest BCUT2D eigenvalue weighted by atomic mass is 16.5. The quantitative estimate of drug-likeness (QED) is 0.166. The highest BCUT2D eigenvalue weighted by Gasteiger charge is 2.51. The van der Waals surface area contributed by atoms with Crippen LogP contribution in [0, 0.1) is 13.8 Å². The van der Waals surface area contributed by atoms with Crippen molar-refractivity contribution in [3.63, 3.8) is 0 Å². The minimum Gasteiger partial charge on any atom is -0.507 e. The monoisotopic (exact) mass is 592 g/mol. The summed E-state index contributed by atoms with van der Waals surface area (Å²) >= 11 is 0. The van der Waals surface area contributed by atoms with E-state index < -0.39 is 34.3 Å². The first-order chi connectivity index (χ1) is 20.1. The van der Waals surface area contributed by atoms with Crippen molar-refractivity contribution in [3.8, 4) is 17.2 Å². The molecule has 2 aliphatic rings. The van der Waals surface area contributed by atoms with Crippen LogP contribution in [0.25, 0.3) is 10.8 Å². The fraction of sp³-hybridized carbons (Fsp3) is 0.486. The molecule has 1 aliphatic carbocycles. The molecule has 43 heavy (non-hydrogen) atoms. The fourth-order valence-electron chi connectivity index (χ4n) is 6.09. The van der Waals surface area contributed by atoms with Crippen LogP contribution in [0.5, 0.6) is 17.2 Å². The first-order valence-corrected chi connectivity index (χ1v) is 14.9. The largest absolute Gasteiger partial charge is 0.507 e. The van der Waals surface area contributed by atoms with Crippen molar-refractivity contribution in [2.24, 2.45) is 0 Å². The lowest BCUT2D eigenvalue weighted by Gasteiger charge is -2.33. The molecule has 1 heterocycles. The van der Waals surface area contributed by atoms with Gasteiger partial charge in [0, 0.05) is 22.8 Å². The van der Waals surface area contributed by atoms with Crippen LogP contribution in [0.1, 0.15) is 104 Å². The summed E-state index contributed by atoms with van der Waals surface area (Å²) < 4.78 is 5.81. The van der Waals surface area contributed by atoms with Crippen LogP contribution in [-0.2, 0) is 4.74 Å². The second-order valence-electron chi connectivity index (χ2n) is 12.8. The lowest BCUT2D eigenvalue weighted by molar-refractivity contribution is -0.0954. The van der Waals surface area contributed by atoms with E-state index in [4.69, 9.17) is 4.74 Å². The minimum atomic E-state index is -2.50. The maximum atomic E-state index is 13.6. The number of rotatable bonds is 9. The number of carbonyl (C=O) groups excluding carboxylic acids is 2. The number of aliphatic hydroxyl groups is 2. The lowest BCUT2D eigenvalue weighted by atomic mass is 9.73. The molecule has 1 fully saturated rings. The van der Waals surface area contributed by atoms with Gasteiger partial charge in [0.25, 0.3) is 0 Å². The van der Waals surface area contributed by atoms with Crippen LogP contribution in [0.3, 0.4) is 0 Å². The summed E-state index contributed by atoms with van der Waals surface area (Å²) in [7, 11) is 0. The Morgan fingerprint density at radius 3 is 2.23 bits per heavy atom. The minimum absolute atomic E-state index is 0.0379. The molecule has 2 aromatic rings. The SMILES string of the molecule is C/C(=C\CC/C(C)=C/C[C@]1(O)C(=O)c2c(O)cc(C)c3c(O)c(C)c(O)c(c23)C1=O)CC/C=C1/CCC(C(C)(C)O)OC1. The number of aromatic hydroxyl groups is 3. The third-order valence-electron chi connectivity index (χ3n) is 8.88. The Labute approximate surface area is 253 Å². The molecule has 232 valence electrons. The van der Waals surface area contributed by atoms with Crippen LogP contribution >= 0.6 is 0 Å². The van der Waals surface area contributed by atoms with Gasteiger partial charge in [-0.25, -0.2) is 0 Å². The molecule has 5 N–H and O–H groups in total. The maximum absolute atomic E-state index is 13.6. The molecule has 0 bridgehead atoms. The molecule has 1 unspecified atom stereocenters. The normalized spacial score (nSPS) is 22.6. The number of aryl methyl sites for hydroxylation is 1. The number of ketones is 2. The summed E-state index contributed by atoms with van der Waals surface area (Å²) in [5, 5.41) is 53.8. The van der Waals surface area contributed by atoms with Gasteiger partial charge in [0.15, 0.2) is 5.60 Å². The van der Waals surface area contributed by atoms with Crippen LogP contribution < -0.4 is 0 Å². The van der Waals surface area contributed by atoms with Crippen molar-refractivity contribution in [2.75, 3.05) is 6.61 Å². The van der Waals surface area contributed by atoms with Gasteiger partial charge in [-0.1, -0.05) is 29.4 Å². The van der Waals surface area contributed by atoms with E-state index in [0.29, 0.717) is 18.6 Å². The molecule has 1 saturated heterocycles. The molecule has 1 aliphatic heterocycles. The zero-order valence-electron chi connectivity index (χ0n) is 26.0. The first kappa shape index (κ1) is 32.5. The molecule has 0 saturated carbocycles. The number of carbonyl (C=O) groups is 2. The molecule has 2 aromatic carbocycles. The number of hydrogen-bond donors (Lipinski definition) is 5. The standard InChI is InChI=1S/C35H44O8/c1-19(11-8-12-23-13-14-25(43-18-23)34(5,6)41)9-7-10-20(2)15-16-35(42)32(39)27-24(36)17-21(3)26-28(27)29(33(35)40)31(38)22(4)30(26)37/h9,12,15,17,25,36-38,41-42H,7-8,10-11,13-14,16,18H2,1-6H3/b19-9+,20-15+,23-12-/t25?,35-/m0/s1. The van der Waals surface area contributed by atoms with Gasteiger partial charge in [0.1, 0.15) is 17.2 Å². The maximum Gasteiger partial charge on any atom is 0.207 e. The number of phenolic OH excluding ortho intramolecular Hbond substituents is 3. The molecule has 0 amide bonds. The van der Waals surface area contributed by atoms with Crippen molar-refractivity contribution in [2.45, 2.75) is 104 Å². The van der Waals surface area contributed by atoms with E-state index in [1.165, 1.54) is 24.1 Å². The molecule has 0 aromatic heterocycles. The van der Waals surface area contributed by atoms with Crippen LogP contribution in [-0.4, -0.2) is 61.0 Å². The molecular formula is C35H44O8. The van der Waals surface area contributed by atoms with E-state index in [2.05, 4.69) is 19.1 Å². The van der Waals surface area contributed by atoms with Crippen LogP contribution in [0.4, 0.5) is 0 Å². The van der Waals surface area contributed by atoms with Crippen molar-refractivity contribution in [1.29, 1.82) is 0 Å². The number of Topliss-reactive ketones (excluding diaryl/α,β-unsaturated/α-hetero) is 2. The number of hydrogen-bond acceptors (Lipinski definition) is 8. The van der Waals surface area contributed by atoms with Gasteiger partial charge in [-0.05, 0) is 97.3 Å². The average Bonchev–Trinajstić information content (AvgIpc) is 2.93. The molecular weight excluding hydrogens is 548 g/mol. The lowest BCUT2D eigenvalue weighted by Crippen LogP contribution is -2.49. The molecule has 0 spiro atoms. The fourth-order valence-corrected chi connectivity index (χ4v) is 6.09. The van der Waals surface area contributed by atoms with E-state index in [0.717, 1.165) is 37.7 Å². The van der Waals surface area contributed by atoms with Gasteiger partial charge in [0.2, 0.25) is 11.6 Å². The average molecular weight is 593 g/mol. The molecule has 8 heteroatoms. The van der Waals surface area contributed by atoms with E-state index >= 15 is 0 Å². The smallest absolute Gasteiger partial charge is 0.207 e. The van der Waals surface area contributed by atoms with E-state index in [1.54, 1.807) is 26.8 Å². The van der Waals surface area contributed by atoms with E-state index in [-0.39, 0.29) is 45.7 Å². The summed E-state index contributed by atoms with van der Waals surface area (Å²) in [6.07, 6.45) is 10.6. The zero-order chi connectivity index (χ0) is 31.9. The number of phenols is 3.